The summed E-state index contributed by atoms with van der Waals surface area (Å²) >= 11 is 1.46. The van der Waals surface area contributed by atoms with Crippen molar-refractivity contribution < 1.29 is 0 Å². The summed E-state index contributed by atoms with van der Waals surface area (Å²) in [7, 11) is 0. The minimum absolute atomic E-state index is 0.198. The number of thioether (sulfide) groups is 1. The van der Waals surface area contributed by atoms with E-state index in [1.54, 1.807) is 0 Å². The van der Waals surface area contributed by atoms with E-state index >= 15 is 0 Å². The van der Waals surface area contributed by atoms with Gasteiger partial charge in [-0.25, -0.2) is 4.98 Å². The zero-order chi connectivity index (χ0) is 15.2. The van der Waals surface area contributed by atoms with Crippen molar-refractivity contribution in [2.24, 2.45) is 0 Å². The fourth-order valence-corrected chi connectivity index (χ4v) is 3.03. The first-order valence-corrected chi connectivity index (χ1v) is 7.49. The second-order valence-corrected chi connectivity index (χ2v) is 5.35. The molecule has 5 heteroatoms. The molecule has 2 aromatic rings. The molecular weight excluding hydrogens is 280 g/mol. The van der Waals surface area contributed by atoms with Gasteiger partial charge < -0.3 is 5.73 Å². The first-order chi connectivity index (χ1) is 10.2. The van der Waals surface area contributed by atoms with E-state index in [0.717, 1.165) is 5.56 Å². The average molecular weight is 294 g/mol. The lowest BCUT2D eigenvalue weighted by Crippen LogP contribution is -2.05. The highest BCUT2D eigenvalue weighted by molar-refractivity contribution is 7.98. The Morgan fingerprint density at radius 2 is 1.81 bits per heavy atom. The molecule has 0 unspecified atom stereocenters. The molecule has 0 aliphatic heterocycles. The summed E-state index contributed by atoms with van der Waals surface area (Å²) in [5.74, 6) is 0.903. The van der Waals surface area contributed by atoms with Crippen LogP contribution in [0, 0.1) is 22.7 Å². The molecule has 0 saturated heterocycles. The molecule has 0 fully saturated rings. The van der Waals surface area contributed by atoms with Crippen molar-refractivity contribution in [2.45, 2.75) is 24.1 Å². The number of benzene rings is 1. The molecule has 0 atom stereocenters. The van der Waals surface area contributed by atoms with Crippen LogP contribution < -0.4 is 5.73 Å². The highest BCUT2D eigenvalue weighted by Crippen LogP contribution is 2.30. The Morgan fingerprint density at radius 3 is 2.38 bits per heavy atom. The topological polar surface area (TPSA) is 86.5 Å². The van der Waals surface area contributed by atoms with Gasteiger partial charge in [0.05, 0.1) is 11.1 Å². The van der Waals surface area contributed by atoms with Crippen molar-refractivity contribution in [3.8, 4) is 12.1 Å². The van der Waals surface area contributed by atoms with Crippen molar-refractivity contribution in [1.82, 2.24) is 4.98 Å². The first kappa shape index (κ1) is 14.9. The molecule has 21 heavy (non-hydrogen) atoms. The Labute approximate surface area is 128 Å². The predicted octanol–water partition coefficient (Wildman–Crippen LogP) is 3.26. The van der Waals surface area contributed by atoms with Crippen LogP contribution in [0.3, 0.4) is 0 Å². The van der Waals surface area contributed by atoms with Gasteiger partial charge in [-0.3, -0.25) is 0 Å². The minimum Gasteiger partial charge on any atom is -0.383 e. The molecule has 0 aliphatic rings. The van der Waals surface area contributed by atoms with Gasteiger partial charge in [0.15, 0.2) is 0 Å². The van der Waals surface area contributed by atoms with E-state index in [2.05, 4.69) is 11.1 Å². The molecule has 0 bridgehead atoms. The molecular formula is C16H14N4S. The lowest BCUT2D eigenvalue weighted by Gasteiger charge is -2.11. The van der Waals surface area contributed by atoms with Crippen molar-refractivity contribution in [2.75, 3.05) is 5.73 Å². The molecule has 2 rings (SSSR count). The van der Waals surface area contributed by atoms with Crippen molar-refractivity contribution in [1.29, 1.82) is 10.5 Å². The van der Waals surface area contributed by atoms with E-state index in [0.29, 0.717) is 33.9 Å². The van der Waals surface area contributed by atoms with E-state index in [1.165, 1.54) is 11.8 Å². The third kappa shape index (κ3) is 3.16. The number of pyridine rings is 1. The maximum absolute atomic E-state index is 9.38. The van der Waals surface area contributed by atoms with E-state index < -0.39 is 0 Å². The third-order valence-electron chi connectivity index (χ3n) is 3.09. The van der Waals surface area contributed by atoms with Gasteiger partial charge in [0.2, 0.25) is 0 Å². The van der Waals surface area contributed by atoms with Crippen LogP contribution in [0.25, 0.3) is 0 Å². The lowest BCUT2D eigenvalue weighted by molar-refractivity contribution is 1.03. The molecule has 0 amide bonds. The van der Waals surface area contributed by atoms with E-state index in [-0.39, 0.29) is 5.82 Å². The number of nitrogens with zero attached hydrogens (tertiary/aromatic N) is 3. The molecule has 4 nitrogen and oxygen atoms in total. The van der Waals surface area contributed by atoms with Crippen LogP contribution >= 0.6 is 11.8 Å². The Hall–Kier alpha value is -2.50. The van der Waals surface area contributed by atoms with Crippen LogP contribution in [0.2, 0.25) is 0 Å². The lowest BCUT2D eigenvalue weighted by atomic mass is 10.0. The van der Waals surface area contributed by atoms with E-state index in [9.17, 15) is 5.26 Å². The predicted molar refractivity (Wildman–Crippen MR) is 83.5 cm³/mol. The molecule has 1 aromatic carbocycles. The van der Waals surface area contributed by atoms with Gasteiger partial charge in [0.1, 0.15) is 23.0 Å². The van der Waals surface area contributed by atoms with Gasteiger partial charge in [-0.2, -0.15) is 10.5 Å². The Kier molecular flexibility index (Phi) is 4.81. The first-order valence-electron chi connectivity index (χ1n) is 6.50. The van der Waals surface area contributed by atoms with Crippen LogP contribution in [0.4, 0.5) is 5.82 Å². The van der Waals surface area contributed by atoms with Crippen LogP contribution in [0.1, 0.15) is 29.2 Å². The standard InChI is InChI=1S/C16H14N4S/c1-2-12-13(8-17)15(19)20-16(14(12)9-18)21-10-11-6-4-3-5-7-11/h3-7H,2,10H2,1H3,(H2,19,20). The molecule has 0 radical (unpaired) electrons. The Bertz CT molecular complexity index is 727. The fourth-order valence-electron chi connectivity index (χ4n) is 2.05. The van der Waals surface area contributed by atoms with Crippen LogP contribution in [-0.4, -0.2) is 4.98 Å². The minimum atomic E-state index is 0.198. The summed E-state index contributed by atoms with van der Waals surface area (Å²) in [5, 5.41) is 19.1. The zero-order valence-corrected chi connectivity index (χ0v) is 12.4. The summed E-state index contributed by atoms with van der Waals surface area (Å²) in [4.78, 5) is 4.23. The number of rotatable bonds is 4. The molecule has 1 aromatic heterocycles. The quantitative estimate of drug-likeness (QED) is 0.874. The molecule has 0 aliphatic carbocycles. The molecule has 0 saturated carbocycles. The third-order valence-corrected chi connectivity index (χ3v) is 4.14. The maximum Gasteiger partial charge on any atom is 0.143 e. The summed E-state index contributed by atoms with van der Waals surface area (Å²) in [6, 6.07) is 14.2. The van der Waals surface area contributed by atoms with Crippen molar-refractivity contribution in [3.63, 3.8) is 0 Å². The van der Waals surface area contributed by atoms with E-state index in [1.807, 2.05) is 43.3 Å². The van der Waals surface area contributed by atoms with Gasteiger partial charge in [-0.15, -0.1) is 11.8 Å². The largest absolute Gasteiger partial charge is 0.383 e. The molecule has 0 spiro atoms. The average Bonchev–Trinajstić information content (AvgIpc) is 2.53. The Morgan fingerprint density at radius 1 is 1.14 bits per heavy atom. The highest BCUT2D eigenvalue weighted by Gasteiger charge is 2.17. The monoisotopic (exact) mass is 294 g/mol. The smallest absolute Gasteiger partial charge is 0.143 e. The van der Waals surface area contributed by atoms with Gasteiger partial charge in [-0.1, -0.05) is 37.3 Å². The normalized spacial score (nSPS) is 9.86. The summed E-state index contributed by atoms with van der Waals surface area (Å²) in [6.07, 6.45) is 0.581. The zero-order valence-electron chi connectivity index (χ0n) is 11.6. The second kappa shape index (κ2) is 6.78. The number of hydrogen-bond acceptors (Lipinski definition) is 5. The van der Waals surface area contributed by atoms with Crippen LogP contribution in [0.15, 0.2) is 35.4 Å². The fraction of sp³-hybridized carbons (Fsp3) is 0.188. The van der Waals surface area contributed by atoms with Crippen molar-refractivity contribution in [3.05, 3.63) is 52.6 Å². The van der Waals surface area contributed by atoms with Crippen molar-refractivity contribution >= 4 is 17.6 Å². The molecule has 1 heterocycles. The number of hydrogen-bond donors (Lipinski definition) is 1. The van der Waals surface area contributed by atoms with Gasteiger partial charge in [-0.05, 0) is 17.5 Å². The second-order valence-electron chi connectivity index (χ2n) is 4.38. The van der Waals surface area contributed by atoms with Gasteiger partial charge >= 0.3 is 0 Å². The molecule has 2 N–H and O–H groups in total. The molecule has 104 valence electrons. The van der Waals surface area contributed by atoms with Crippen LogP contribution in [0.5, 0.6) is 0 Å². The summed E-state index contributed by atoms with van der Waals surface area (Å²) in [5.41, 5.74) is 8.46. The number of nitriles is 2. The SMILES string of the molecule is CCc1c(C#N)c(N)nc(SCc2ccccc2)c1C#N. The van der Waals surface area contributed by atoms with Gasteiger partial charge in [0.25, 0.3) is 0 Å². The summed E-state index contributed by atoms with van der Waals surface area (Å²) < 4.78 is 0. The summed E-state index contributed by atoms with van der Waals surface area (Å²) in [6.45, 7) is 1.90. The maximum atomic E-state index is 9.38. The van der Waals surface area contributed by atoms with E-state index in [4.69, 9.17) is 11.0 Å². The number of aromatic nitrogens is 1. The Balaban J connectivity index is 2.38. The van der Waals surface area contributed by atoms with Gasteiger partial charge in [0, 0.05) is 5.75 Å². The number of nitrogen functional groups attached to an aromatic ring is 1. The number of nitrogens with two attached hydrogens (primary N) is 1. The number of anilines is 1. The highest BCUT2D eigenvalue weighted by atomic mass is 32.2. The van der Waals surface area contributed by atoms with Crippen LogP contribution in [-0.2, 0) is 12.2 Å².